The van der Waals surface area contributed by atoms with Crippen molar-refractivity contribution in [1.29, 1.82) is 0 Å². The smallest absolute Gasteiger partial charge is 0.413 e. The number of benzene rings is 1. The second-order valence-electron chi connectivity index (χ2n) is 5.98. The molecule has 8 heteroatoms. The summed E-state index contributed by atoms with van der Waals surface area (Å²) in [6, 6.07) is 7.56. The number of nitrogens with zero attached hydrogens (tertiary/aromatic N) is 3. The summed E-state index contributed by atoms with van der Waals surface area (Å²) >= 11 is 0. The van der Waals surface area contributed by atoms with Gasteiger partial charge in [0, 0.05) is 18.2 Å². The molecule has 0 aliphatic heterocycles. The Labute approximate surface area is 133 Å². The molecule has 8 nitrogen and oxygen atoms in total. The summed E-state index contributed by atoms with van der Waals surface area (Å²) in [5, 5.41) is 17.6. The molecule has 0 aliphatic rings. The molecule has 0 bridgehead atoms. The Bertz CT molecular complexity index is 729. The van der Waals surface area contributed by atoms with E-state index in [4.69, 9.17) is 4.74 Å². The van der Waals surface area contributed by atoms with Crippen molar-refractivity contribution in [3.63, 3.8) is 0 Å². The molecule has 1 N–H and O–H groups in total. The number of carbonyl (C=O) groups excluding carboxylic acids is 1. The van der Waals surface area contributed by atoms with Crippen LogP contribution in [0, 0.1) is 17.0 Å². The molecule has 2 aromatic rings. The lowest BCUT2D eigenvalue weighted by Crippen LogP contribution is -2.27. The Kier molecular flexibility index (Phi) is 4.35. The zero-order chi connectivity index (χ0) is 17.2. The number of aryl methyl sites for hydroxylation is 1. The Morgan fingerprint density at radius 3 is 2.43 bits per heavy atom. The average molecular weight is 318 g/mol. The van der Waals surface area contributed by atoms with E-state index in [9.17, 15) is 14.9 Å². The van der Waals surface area contributed by atoms with Gasteiger partial charge in [0.05, 0.1) is 16.3 Å². The second-order valence-corrected chi connectivity index (χ2v) is 5.98. The normalized spacial score (nSPS) is 11.1. The van der Waals surface area contributed by atoms with Gasteiger partial charge >= 0.3 is 6.09 Å². The molecule has 122 valence electrons. The third-order valence-electron chi connectivity index (χ3n) is 2.77. The summed E-state index contributed by atoms with van der Waals surface area (Å²) in [5.41, 5.74) is 0.653. The maximum atomic E-state index is 11.9. The van der Waals surface area contributed by atoms with Gasteiger partial charge in [-0.2, -0.15) is 5.10 Å². The van der Waals surface area contributed by atoms with E-state index < -0.39 is 16.6 Å². The third-order valence-corrected chi connectivity index (χ3v) is 2.77. The number of rotatable bonds is 3. The molecule has 0 saturated heterocycles. The Morgan fingerprint density at radius 1 is 1.30 bits per heavy atom. The summed E-state index contributed by atoms with van der Waals surface area (Å²) in [4.78, 5) is 22.1. The number of nitro benzene ring substituents is 1. The lowest BCUT2D eigenvalue weighted by molar-refractivity contribution is -0.384. The number of hydrogen-bond acceptors (Lipinski definition) is 5. The number of hydrogen-bond donors (Lipinski definition) is 1. The van der Waals surface area contributed by atoms with Gasteiger partial charge in [-0.3, -0.25) is 15.4 Å². The highest BCUT2D eigenvalue weighted by Crippen LogP contribution is 2.20. The van der Waals surface area contributed by atoms with Crippen molar-refractivity contribution < 1.29 is 14.5 Å². The van der Waals surface area contributed by atoms with Crippen molar-refractivity contribution in [2.75, 3.05) is 5.32 Å². The van der Waals surface area contributed by atoms with Gasteiger partial charge in [-0.25, -0.2) is 9.48 Å². The Hall–Kier alpha value is -2.90. The van der Waals surface area contributed by atoms with Gasteiger partial charge in [0.2, 0.25) is 0 Å². The molecule has 0 aliphatic carbocycles. The topological polar surface area (TPSA) is 99.3 Å². The van der Waals surface area contributed by atoms with E-state index in [1.54, 1.807) is 45.9 Å². The molecule has 0 fully saturated rings. The summed E-state index contributed by atoms with van der Waals surface area (Å²) < 4.78 is 6.70. The van der Waals surface area contributed by atoms with E-state index in [0.29, 0.717) is 17.2 Å². The molecular weight excluding hydrogens is 300 g/mol. The number of nitro groups is 1. The number of nitrogens with one attached hydrogen (secondary N) is 1. The summed E-state index contributed by atoms with van der Waals surface area (Å²) in [5.74, 6) is 0.422. The monoisotopic (exact) mass is 318 g/mol. The zero-order valence-corrected chi connectivity index (χ0v) is 13.4. The maximum absolute atomic E-state index is 11.9. The molecule has 0 unspecified atom stereocenters. The van der Waals surface area contributed by atoms with Crippen molar-refractivity contribution in [3.05, 3.63) is 46.1 Å². The highest BCUT2D eigenvalue weighted by Gasteiger charge is 2.18. The van der Waals surface area contributed by atoms with E-state index in [1.165, 1.54) is 16.8 Å². The van der Waals surface area contributed by atoms with E-state index >= 15 is 0 Å². The van der Waals surface area contributed by atoms with Crippen LogP contribution in [-0.4, -0.2) is 26.4 Å². The minimum absolute atomic E-state index is 0.0146. The van der Waals surface area contributed by atoms with Crippen LogP contribution >= 0.6 is 0 Å². The molecule has 1 aromatic carbocycles. The zero-order valence-electron chi connectivity index (χ0n) is 13.4. The van der Waals surface area contributed by atoms with Crippen LogP contribution in [0.1, 0.15) is 26.5 Å². The maximum Gasteiger partial charge on any atom is 0.413 e. The molecule has 1 heterocycles. The summed E-state index contributed by atoms with van der Waals surface area (Å²) in [7, 11) is 0. The number of carbonyl (C=O) groups is 1. The van der Waals surface area contributed by atoms with Crippen LogP contribution in [0.3, 0.4) is 0 Å². The van der Waals surface area contributed by atoms with Crippen LogP contribution in [0.2, 0.25) is 0 Å². The molecule has 0 atom stereocenters. The average Bonchev–Trinajstić information content (AvgIpc) is 2.77. The van der Waals surface area contributed by atoms with Crippen LogP contribution in [0.25, 0.3) is 5.69 Å². The molecule has 0 radical (unpaired) electrons. The highest BCUT2D eigenvalue weighted by molar-refractivity contribution is 5.84. The fourth-order valence-electron chi connectivity index (χ4n) is 1.91. The van der Waals surface area contributed by atoms with Crippen molar-refractivity contribution in [1.82, 2.24) is 9.78 Å². The van der Waals surface area contributed by atoms with Crippen LogP contribution in [0.4, 0.5) is 16.3 Å². The number of aromatic nitrogens is 2. The van der Waals surface area contributed by atoms with Gasteiger partial charge in [0.15, 0.2) is 0 Å². The van der Waals surface area contributed by atoms with Crippen molar-refractivity contribution in [2.45, 2.75) is 33.3 Å². The van der Waals surface area contributed by atoms with Gasteiger partial charge in [-0.05, 0) is 39.8 Å². The Morgan fingerprint density at radius 2 is 1.91 bits per heavy atom. The molecule has 2 rings (SSSR count). The van der Waals surface area contributed by atoms with Crippen molar-refractivity contribution in [3.8, 4) is 5.69 Å². The van der Waals surface area contributed by atoms with Gasteiger partial charge in [-0.1, -0.05) is 0 Å². The quantitative estimate of drug-likeness (QED) is 0.690. The fraction of sp³-hybridized carbons (Fsp3) is 0.333. The number of ether oxygens (including phenoxy) is 1. The second kappa shape index (κ2) is 6.07. The fourth-order valence-corrected chi connectivity index (χ4v) is 1.91. The predicted molar refractivity (Wildman–Crippen MR) is 84.8 cm³/mol. The number of non-ortho nitro benzene ring substituents is 1. The van der Waals surface area contributed by atoms with Crippen molar-refractivity contribution in [2.24, 2.45) is 0 Å². The molecule has 23 heavy (non-hydrogen) atoms. The minimum Gasteiger partial charge on any atom is -0.444 e. The highest BCUT2D eigenvalue weighted by atomic mass is 16.6. The first-order valence-corrected chi connectivity index (χ1v) is 6.97. The SMILES string of the molecule is Cc1cc(NC(=O)OC(C)(C)C)n(-c2ccc([N+](=O)[O-])cc2)n1. The van der Waals surface area contributed by atoms with E-state index in [0.717, 1.165) is 0 Å². The molecule has 0 saturated carbocycles. The standard InChI is InChI=1S/C15H18N4O4/c1-10-9-13(16-14(20)23-15(2,3)4)18(17-10)11-5-7-12(8-6-11)19(21)22/h5-9H,1-4H3,(H,16,20). The van der Waals surface area contributed by atoms with Gasteiger partial charge in [0.25, 0.3) is 5.69 Å². The van der Waals surface area contributed by atoms with Crippen LogP contribution in [0.15, 0.2) is 30.3 Å². The number of anilines is 1. The van der Waals surface area contributed by atoms with Crippen molar-refractivity contribution >= 4 is 17.6 Å². The van der Waals surface area contributed by atoms with E-state index in [1.807, 2.05) is 0 Å². The lowest BCUT2D eigenvalue weighted by atomic mass is 10.2. The molecular formula is C15H18N4O4. The lowest BCUT2D eigenvalue weighted by Gasteiger charge is -2.19. The minimum atomic E-state index is -0.614. The van der Waals surface area contributed by atoms with Crippen LogP contribution in [-0.2, 0) is 4.74 Å². The first kappa shape index (κ1) is 16.5. The third kappa shape index (κ3) is 4.29. The summed E-state index contributed by atoms with van der Waals surface area (Å²) in [6.07, 6.45) is -0.597. The van der Waals surface area contributed by atoms with Gasteiger partial charge in [0.1, 0.15) is 11.4 Å². The molecule has 1 amide bonds. The number of amides is 1. The van der Waals surface area contributed by atoms with Gasteiger partial charge < -0.3 is 4.74 Å². The molecule has 0 spiro atoms. The van der Waals surface area contributed by atoms with Gasteiger partial charge in [-0.15, -0.1) is 0 Å². The Balaban J connectivity index is 2.26. The first-order chi connectivity index (χ1) is 10.7. The van der Waals surface area contributed by atoms with E-state index in [-0.39, 0.29) is 5.69 Å². The molecule has 1 aromatic heterocycles. The largest absolute Gasteiger partial charge is 0.444 e. The summed E-state index contributed by atoms with van der Waals surface area (Å²) in [6.45, 7) is 7.09. The van der Waals surface area contributed by atoms with E-state index in [2.05, 4.69) is 10.4 Å². The predicted octanol–water partition coefficient (Wildman–Crippen LogP) is 3.44. The van der Waals surface area contributed by atoms with Crippen LogP contribution < -0.4 is 5.32 Å². The first-order valence-electron chi connectivity index (χ1n) is 6.97. The van der Waals surface area contributed by atoms with Crippen LogP contribution in [0.5, 0.6) is 0 Å².